The fourth-order valence-corrected chi connectivity index (χ4v) is 4.67. The number of likely N-dealkylation sites (tertiary alicyclic amines) is 1. The molecule has 0 N–H and O–H groups in total. The molecule has 2 aromatic heterocycles. The van der Waals surface area contributed by atoms with E-state index in [2.05, 4.69) is 17.1 Å². The van der Waals surface area contributed by atoms with Gasteiger partial charge < -0.3 is 9.42 Å². The number of hydrogen-bond donors (Lipinski definition) is 0. The summed E-state index contributed by atoms with van der Waals surface area (Å²) < 4.78 is 44.0. The lowest BCUT2D eigenvalue weighted by Gasteiger charge is -2.40. The number of carbonyl (C=O) groups is 1. The largest absolute Gasteiger partial charge is 0.417 e. The van der Waals surface area contributed by atoms with Gasteiger partial charge in [0, 0.05) is 36.1 Å². The molecule has 3 heterocycles. The predicted octanol–water partition coefficient (Wildman–Crippen LogP) is 6.25. The molecule has 0 bridgehead atoms. The van der Waals surface area contributed by atoms with Crippen molar-refractivity contribution in [3.05, 3.63) is 70.7 Å². The van der Waals surface area contributed by atoms with Crippen LogP contribution in [-0.4, -0.2) is 33.5 Å². The van der Waals surface area contributed by atoms with Gasteiger partial charge in [-0.05, 0) is 63.6 Å². The van der Waals surface area contributed by atoms with Gasteiger partial charge in [0.05, 0.1) is 16.8 Å². The normalized spacial score (nSPS) is 18.8. The number of nitrogens with zero attached hydrogens (tertiary/aromatic N) is 3. The zero-order chi connectivity index (χ0) is 24.5. The topological polar surface area (TPSA) is 59.2 Å². The molecule has 0 aliphatic carbocycles. The van der Waals surface area contributed by atoms with E-state index in [1.54, 1.807) is 0 Å². The van der Waals surface area contributed by atoms with Crippen LogP contribution < -0.4 is 0 Å². The molecule has 0 spiro atoms. The molecule has 34 heavy (non-hydrogen) atoms. The molecule has 1 saturated heterocycles. The zero-order valence-electron chi connectivity index (χ0n) is 19.5. The van der Waals surface area contributed by atoms with Crippen molar-refractivity contribution in [1.82, 2.24) is 15.0 Å². The van der Waals surface area contributed by atoms with Crippen LogP contribution in [0.25, 0.3) is 11.3 Å². The highest BCUT2D eigenvalue weighted by molar-refractivity contribution is 6.00. The molecular weight excluding hydrogens is 443 g/mol. The van der Waals surface area contributed by atoms with E-state index in [4.69, 9.17) is 4.52 Å². The first kappa shape index (κ1) is 24.0. The quantitative estimate of drug-likeness (QED) is 0.442. The van der Waals surface area contributed by atoms with E-state index in [9.17, 15) is 18.0 Å². The SMILES string of the molecule is Cc1ccc(-c2cc(C)no2)c(C(=O)N2CCC[C@@H](C)[C@H]2CCc2ccc(C(F)(F)F)cn2)c1. The molecule has 5 nitrogen and oxygen atoms in total. The van der Waals surface area contributed by atoms with Crippen LogP contribution >= 0.6 is 0 Å². The van der Waals surface area contributed by atoms with Crippen LogP contribution in [0, 0.1) is 19.8 Å². The summed E-state index contributed by atoms with van der Waals surface area (Å²) >= 11 is 0. The molecule has 8 heteroatoms. The number of alkyl halides is 3. The van der Waals surface area contributed by atoms with Crippen molar-refractivity contribution in [3.8, 4) is 11.3 Å². The van der Waals surface area contributed by atoms with Crippen molar-refractivity contribution in [2.75, 3.05) is 6.54 Å². The summed E-state index contributed by atoms with van der Waals surface area (Å²) in [5.41, 5.74) is 2.82. The lowest BCUT2D eigenvalue weighted by Crippen LogP contribution is -2.48. The smallest absolute Gasteiger partial charge is 0.356 e. The summed E-state index contributed by atoms with van der Waals surface area (Å²) in [7, 11) is 0. The fourth-order valence-electron chi connectivity index (χ4n) is 4.67. The third-order valence-electron chi connectivity index (χ3n) is 6.52. The monoisotopic (exact) mass is 471 g/mol. The van der Waals surface area contributed by atoms with Crippen molar-refractivity contribution < 1.29 is 22.5 Å². The standard InChI is InChI=1S/C26H28F3N3O2/c1-16-6-10-21(24-14-18(3)31-34-24)22(13-16)25(33)32-12-4-5-17(2)23(32)11-9-20-8-7-19(15-30-20)26(27,28)29/h6-8,10,13-15,17,23H,4-5,9,11-12H2,1-3H3/t17-,23-/m1/s1. The van der Waals surface area contributed by atoms with Crippen LogP contribution in [0.1, 0.15) is 59.1 Å². The molecular formula is C26H28F3N3O2. The number of rotatable bonds is 5. The summed E-state index contributed by atoms with van der Waals surface area (Å²) in [6.07, 6.45) is -0.491. The van der Waals surface area contributed by atoms with E-state index in [1.165, 1.54) is 6.07 Å². The van der Waals surface area contributed by atoms with Gasteiger partial charge in [-0.25, -0.2) is 0 Å². The van der Waals surface area contributed by atoms with Gasteiger partial charge in [0.1, 0.15) is 0 Å². The third-order valence-corrected chi connectivity index (χ3v) is 6.52. The molecule has 0 radical (unpaired) electrons. The second kappa shape index (κ2) is 9.60. The van der Waals surface area contributed by atoms with Crippen molar-refractivity contribution in [1.29, 1.82) is 0 Å². The van der Waals surface area contributed by atoms with Crippen LogP contribution in [0.3, 0.4) is 0 Å². The maximum Gasteiger partial charge on any atom is 0.417 e. The Morgan fingerprint density at radius 1 is 1.18 bits per heavy atom. The first-order valence-electron chi connectivity index (χ1n) is 11.5. The highest BCUT2D eigenvalue weighted by atomic mass is 19.4. The summed E-state index contributed by atoms with van der Waals surface area (Å²) in [6, 6.07) is 9.97. The minimum absolute atomic E-state index is 0.0323. The highest BCUT2D eigenvalue weighted by Crippen LogP contribution is 2.32. The first-order chi connectivity index (χ1) is 16.1. The Labute approximate surface area is 197 Å². The number of pyridine rings is 1. The number of amides is 1. The van der Waals surface area contributed by atoms with E-state index < -0.39 is 11.7 Å². The maximum atomic E-state index is 13.8. The Kier molecular flexibility index (Phi) is 6.77. The van der Waals surface area contributed by atoms with E-state index in [1.807, 2.05) is 43.0 Å². The second-order valence-electron chi connectivity index (χ2n) is 9.14. The van der Waals surface area contributed by atoms with Gasteiger partial charge >= 0.3 is 6.18 Å². The zero-order valence-corrected chi connectivity index (χ0v) is 19.5. The number of benzene rings is 1. The summed E-state index contributed by atoms with van der Waals surface area (Å²) in [6.45, 7) is 6.54. The molecule has 1 aromatic carbocycles. The number of carbonyl (C=O) groups excluding carboxylic acids is 1. The van der Waals surface area contributed by atoms with Crippen molar-refractivity contribution >= 4 is 5.91 Å². The van der Waals surface area contributed by atoms with Crippen molar-refractivity contribution in [3.63, 3.8) is 0 Å². The number of aromatic nitrogens is 2. The van der Waals surface area contributed by atoms with E-state index in [-0.39, 0.29) is 17.9 Å². The lowest BCUT2D eigenvalue weighted by atomic mass is 9.86. The van der Waals surface area contributed by atoms with Gasteiger partial charge in [0.2, 0.25) is 0 Å². The van der Waals surface area contributed by atoms with Crippen molar-refractivity contribution in [2.24, 2.45) is 5.92 Å². The first-order valence-corrected chi connectivity index (χ1v) is 11.5. The van der Waals surface area contributed by atoms with Crippen LogP contribution in [0.4, 0.5) is 13.2 Å². The van der Waals surface area contributed by atoms with Gasteiger partial charge in [0.15, 0.2) is 5.76 Å². The van der Waals surface area contributed by atoms with E-state index in [0.29, 0.717) is 42.0 Å². The average Bonchev–Trinajstić information content (AvgIpc) is 3.23. The highest BCUT2D eigenvalue weighted by Gasteiger charge is 2.34. The minimum atomic E-state index is -4.40. The van der Waals surface area contributed by atoms with Crippen LogP contribution in [0.15, 0.2) is 47.1 Å². The fraction of sp³-hybridized carbons (Fsp3) is 0.423. The van der Waals surface area contributed by atoms with Crippen LogP contribution in [-0.2, 0) is 12.6 Å². The van der Waals surface area contributed by atoms with Gasteiger partial charge in [-0.2, -0.15) is 13.2 Å². The maximum absolute atomic E-state index is 13.8. The van der Waals surface area contributed by atoms with Gasteiger partial charge in [-0.15, -0.1) is 0 Å². The number of aryl methyl sites for hydroxylation is 3. The summed E-state index contributed by atoms with van der Waals surface area (Å²) in [4.78, 5) is 19.7. The van der Waals surface area contributed by atoms with Crippen LogP contribution in [0.5, 0.6) is 0 Å². The second-order valence-corrected chi connectivity index (χ2v) is 9.14. The summed E-state index contributed by atoms with van der Waals surface area (Å²) in [5.74, 6) is 0.758. The molecule has 3 aromatic rings. The Balaban J connectivity index is 1.57. The molecule has 1 aliphatic heterocycles. The molecule has 0 unspecified atom stereocenters. The molecule has 1 aliphatic rings. The predicted molar refractivity (Wildman–Crippen MR) is 122 cm³/mol. The number of piperidine rings is 1. The number of halogens is 3. The molecule has 2 atom stereocenters. The summed E-state index contributed by atoms with van der Waals surface area (Å²) in [5, 5.41) is 3.96. The van der Waals surface area contributed by atoms with E-state index in [0.717, 1.165) is 36.4 Å². The Morgan fingerprint density at radius 3 is 2.62 bits per heavy atom. The minimum Gasteiger partial charge on any atom is -0.356 e. The number of hydrogen-bond acceptors (Lipinski definition) is 4. The lowest BCUT2D eigenvalue weighted by molar-refractivity contribution is -0.137. The van der Waals surface area contributed by atoms with Gasteiger partial charge in [-0.3, -0.25) is 9.78 Å². The Hall–Kier alpha value is -3.16. The Morgan fingerprint density at radius 2 is 1.97 bits per heavy atom. The van der Waals surface area contributed by atoms with Gasteiger partial charge in [0.25, 0.3) is 5.91 Å². The molecule has 180 valence electrons. The average molecular weight is 472 g/mol. The molecule has 4 rings (SSSR count). The molecule has 0 saturated carbocycles. The van der Waals surface area contributed by atoms with Crippen LogP contribution in [0.2, 0.25) is 0 Å². The third kappa shape index (κ3) is 5.16. The Bertz CT molecular complexity index is 1150. The van der Waals surface area contributed by atoms with Crippen molar-refractivity contribution in [2.45, 2.75) is 58.7 Å². The van der Waals surface area contributed by atoms with Gasteiger partial charge in [-0.1, -0.05) is 29.8 Å². The molecule has 1 fully saturated rings. The van der Waals surface area contributed by atoms with E-state index >= 15 is 0 Å². The molecule has 1 amide bonds.